The predicted octanol–water partition coefficient (Wildman–Crippen LogP) is 0.368. The topological polar surface area (TPSA) is 52.6 Å². The molecule has 2 radical (unpaired) electrons. The van der Waals surface area contributed by atoms with Gasteiger partial charge in [-0.15, -0.1) is 0 Å². The second-order valence-corrected chi connectivity index (χ2v) is 5.41. The summed E-state index contributed by atoms with van der Waals surface area (Å²) in [6.07, 6.45) is 1.90. The molecule has 1 unspecified atom stereocenters. The molecule has 2 aliphatic rings. The van der Waals surface area contributed by atoms with Gasteiger partial charge in [0.15, 0.2) is 0 Å². The molecule has 0 aromatic carbocycles. The molecule has 2 fully saturated rings. The maximum absolute atomic E-state index is 11.8. The zero-order valence-electron chi connectivity index (χ0n) is 11.1. The molecule has 0 saturated carbocycles. The zero-order chi connectivity index (χ0) is 13.3. The maximum atomic E-state index is 11.8. The molecule has 5 nitrogen and oxygen atoms in total. The van der Waals surface area contributed by atoms with Crippen molar-refractivity contribution in [2.45, 2.75) is 44.6 Å². The van der Waals surface area contributed by atoms with Gasteiger partial charge in [-0.3, -0.25) is 10.1 Å². The third-order valence-electron chi connectivity index (χ3n) is 3.89. The molecule has 1 atom stereocenters. The number of urea groups is 1. The monoisotopic (exact) mass is 249 g/mol. The Bertz CT molecular complexity index is 340. The number of nitrogens with one attached hydrogen (secondary N) is 1. The van der Waals surface area contributed by atoms with E-state index >= 15 is 0 Å². The Hall–Kier alpha value is -1.04. The minimum atomic E-state index is -0.592. The van der Waals surface area contributed by atoms with E-state index in [1.165, 1.54) is 0 Å². The second kappa shape index (κ2) is 5.30. The summed E-state index contributed by atoms with van der Waals surface area (Å²) in [6, 6.07) is 0.466. The van der Waals surface area contributed by atoms with Crippen molar-refractivity contribution in [3.05, 3.63) is 0 Å². The van der Waals surface area contributed by atoms with E-state index in [0.717, 1.165) is 25.9 Å². The highest BCUT2D eigenvalue weighted by molar-refractivity contribution is 6.26. The predicted molar refractivity (Wildman–Crippen MR) is 69.5 cm³/mol. The van der Waals surface area contributed by atoms with Crippen LogP contribution in [-0.4, -0.2) is 61.3 Å². The first-order valence-electron chi connectivity index (χ1n) is 6.60. The molecular weight excluding hydrogens is 229 g/mol. The SMILES string of the molecule is [B]C1CN(C2CCN(C(C)C)CC2)C(=O)NC1=O. The molecule has 2 saturated heterocycles. The minimum absolute atomic E-state index is 0.208. The second-order valence-electron chi connectivity index (χ2n) is 5.41. The van der Waals surface area contributed by atoms with Crippen LogP contribution >= 0.6 is 0 Å². The molecule has 0 aromatic heterocycles. The van der Waals surface area contributed by atoms with E-state index in [2.05, 4.69) is 24.1 Å². The molecule has 2 aliphatic heterocycles. The molecule has 2 rings (SSSR count). The van der Waals surface area contributed by atoms with Crippen molar-refractivity contribution in [1.29, 1.82) is 0 Å². The number of hydrogen-bond donors (Lipinski definition) is 1. The van der Waals surface area contributed by atoms with Crippen LogP contribution in [-0.2, 0) is 4.79 Å². The highest BCUT2D eigenvalue weighted by atomic mass is 16.2. The maximum Gasteiger partial charge on any atom is 0.324 e. The summed E-state index contributed by atoms with van der Waals surface area (Å²) in [7, 11) is 5.70. The molecular formula is C12H20BN3O2. The van der Waals surface area contributed by atoms with Crippen molar-refractivity contribution in [2.75, 3.05) is 19.6 Å². The first-order valence-corrected chi connectivity index (χ1v) is 6.60. The van der Waals surface area contributed by atoms with E-state index in [1.807, 2.05) is 0 Å². The van der Waals surface area contributed by atoms with E-state index in [9.17, 15) is 9.59 Å². The van der Waals surface area contributed by atoms with Crippen molar-refractivity contribution in [1.82, 2.24) is 15.1 Å². The third-order valence-corrected chi connectivity index (χ3v) is 3.89. The Morgan fingerprint density at radius 3 is 2.44 bits per heavy atom. The zero-order valence-corrected chi connectivity index (χ0v) is 11.1. The smallest absolute Gasteiger partial charge is 0.321 e. The van der Waals surface area contributed by atoms with Gasteiger partial charge < -0.3 is 9.80 Å². The largest absolute Gasteiger partial charge is 0.324 e. The fourth-order valence-electron chi connectivity index (χ4n) is 2.68. The standard InChI is InChI=1S/C12H20BN3O2/c1-8(2)15-5-3-9(4-6-15)16-7-10(13)11(17)14-12(16)18/h8-10H,3-7H2,1-2H3,(H,14,17,18). The van der Waals surface area contributed by atoms with Crippen LogP contribution < -0.4 is 5.32 Å². The van der Waals surface area contributed by atoms with Gasteiger partial charge in [0.1, 0.15) is 0 Å². The van der Waals surface area contributed by atoms with E-state index < -0.39 is 5.82 Å². The van der Waals surface area contributed by atoms with Gasteiger partial charge in [-0.2, -0.15) is 0 Å². The minimum Gasteiger partial charge on any atom is -0.321 e. The summed E-state index contributed by atoms with van der Waals surface area (Å²) < 4.78 is 0. The Balaban J connectivity index is 1.93. The van der Waals surface area contributed by atoms with Gasteiger partial charge in [-0.1, -0.05) is 0 Å². The Kier molecular flexibility index (Phi) is 3.95. The van der Waals surface area contributed by atoms with E-state index in [0.29, 0.717) is 12.6 Å². The lowest BCUT2D eigenvalue weighted by Gasteiger charge is -2.42. The molecule has 0 aromatic rings. The number of piperidine rings is 1. The Morgan fingerprint density at radius 1 is 1.28 bits per heavy atom. The lowest BCUT2D eigenvalue weighted by atomic mass is 9.84. The third kappa shape index (κ3) is 2.69. The quantitative estimate of drug-likeness (QED) is 0.719. The van der Waals surface area contributed by atoms with Crippen molar-refractivity contribution >= 4 is 19.8 Å². The summed E-state index contributed by atoms with van der Waals surface area (Å²) in [6.45, 7) is 6.70. The first-order chi connectivity index (χ1) is 8.49. The van der Waals surface area contributed by atoms with E-state index in [-0.39, 0.29) is 18.0 Å². The number of amides is 3. The average molecular weight is 249 g/mol. The van der Waals surface area contributed by atoms with E-state index in [4.69, 9.17) is 7.85 Å². The van der Waals surface area contributed by atoms with Crippen LogP contribution in [0.3, 0.4) is 0 Å². The van der Waals surface area contributed by atoms with Gasteiger partial charge in [-0.25, -0.2) is 4.79 Å². The molecule has 2 heterocycles. The van der Waals surface area contributed by atoms with E-state index in [1.54, 1.807) is 4.90 Å². The van der Waals surface area contributed by atoms with Gasteiger partial charge in [-0.05, 0) is 26.7 Å². The number of imide groups is 1. The number of nitrogens with zero attached hydrogens (tertiary/aromatic N) is 2. The number of rotatable bonds is 2. The van der Waals surface area contributed by atoms with Gasteiger partial charge in [0.25, 0.3) is 0 Å². The number of carbonyl (C=O) groups excluding carboxylic acids is 2. The molecule has 6 heteroatoms. The Labute approximate surface area is 109 Å². The van der Waals surface area contributed by atoms with Crippen molar-refractivity contribution in [3.8, 4) is 0 Å². The number of carbonyl (C=O) groups is 2. The van der Waals surface area contributed by atoms with Crippen LogP contribution in [0.15, 0.2) is 0 Å². The molecule has 0 spiro atoms. The molecule has 98 valence electrons. The summed E-state index contributed by atoms with van der Waals surface area (Å²) in [5.41, 5.74) is 0. The lowest BCUT2D eigenvalue weighted by Crippen LogP contribution is -2.58. The average Bonchev–Trinajstić information content (AvgIpc) is 2.34. The molecule has 3 amide bonds. The van der Waals surface area contributed by atoms with Crippen LogP contribution in [0.4, 0.5) is 4.79 Å². The van der Waals surface area contributed by atoms with Crippen molar-refractivity contribution in [2.24, 2.45) is 0 Å². The Morgan fingerprint density at radius 2 is 1.89 bits per heavy atom. The van der Waals surface area contributed by atoms with Crippen LogP contribution in [0.5, 0.6) is 0 Å². The fourth-order valence-corrected chi connectivity index (χ4v) is 2.68. The van der Waals surface area contributed by atoms with Gasteiger partial charge in [0, 0.05) is 37.5 Å². The summed E-state index contributed by atoms with van der Waals surface area (Å²) in [4.78, 5) is 27.2. The fraction of sp³-hybridized carbons (Fsp3) is 0.833. The molecule has 0 bridgehead atoms. The van der Waals surface area contributed by atoms with Crippen LogP contribution in [0.2, 0.25) is 5.82 Å². The van der Waals surface area contributed by atoms with Gasteiger partial charge in [0.2, 0.25) is 5.91 Å². The summed E-state index contributed by atoms with van der Waals surface area (Å²) in [5.74, 6) is -0.957. The number of likely N-dealkylation sites (tertiary alicyclic amines) is 1. The van der Waals surface area contributed by atoms with Crippen molar-refractivity contribution < 1.29 is 9.59 Å². The number of hydrogen-bond acceptors (Lipinski definition) is 3. The van der Waals surface area contributed by atoms with Crippen LogP contribution in [0, 0.1) is 0 Å². The van der Waals surface area contributed by atoms with Gasteiger partial charge in [0.05, 0.1) is 7.85 Å². The lowest BCUT2D eigenvalue weighted by molar-refractivity contribution is -0.121. The van der Waals surface area contributed by atoms with Crippen LogP contribution in [0.25, 0.3) is 0 Å². The summed E-state index contributed by atoms with van der Waals surface area (Å²) >= 11 is 0. The normalized spacial score (nSPS) is 27.7. The molecule has 18 heavy (non-hydrogen) atoms. The molecule has 0 aliphatic carbocycles. The van der Waals surface area contributed by atoms with Crippen LogP contribution in [0.1, 0.15) is 26.7 Å². The highest BCUT2D eigenvalue weighted by Gasteiger charge is 2.35. The first kappa shape index (κ1) is 13.4. The highest BCUT2D eigenvalue weighted by Crippen LogP contribution is 2.22. The van der Waals surface area contributed by atoms with Crippen molar-refractivity contribution in [3.63, 3.8) is 0 Å². The summed E-state index contributed by atoms with van der Waals surface area (Å²) in [5, 5.41) is 2.32. The molecule has 1 N–H and O–H groups in total. The van der Waals surface area contributed by atoms with Gasteiger partial charge >= 0.3 is 6.03 Å².